The van der Waals surface area contributed by atoms with Crippen LogP contribution in [0.4, 0.5) is 0 Å². The van der Waals surface area contributed by atoms with Crippen LogP contribution >= 0.6 is 0 Å². The summed E-state index contributed by atoms with van der Waals surface area (Å²) < 4.78 is 4.61. The summed E-state index contributed by atoms with van der Waals surface area (Å²) >= 11 is 0. The minimum atomic E-state index is 0.434. The van der Waals surface area contributed by atoms with Gasteiger partial charge in [0, 0.05) is 35.6 Å². The van der Waals surface area contributed by atoms with E-state index in [2.05, 4.69) is 123 Å². The number of aromatic nitrogens is 2. The summed E-state index contributed by atoms with van der Waals surface area (Å²) in [4.78, 5) is 0. The second kappa shape index (κ2) is 7.39. The SMILES string of the molecule is Cc1c(-c2c(C(C)C)c3ccccc3n2C)cc2ccccc2c1-c1cccc[n+]1C. The maximum absolute atomic E-state index is 2.39. The fourth-order valence-corrected chi connectivity index (χ4v) is 5.14. The molecule has 0 fully saturated rings. The van der Waals surface area contributed by atoms with Crippen molar-refractivity contribution in [1.82, 2.24) is 4.57 Å². The number of hydrogen-bond acceptors (Lipinski definition) is 0. The molecule has 0 saturated heterocycles. The van der Waals surface area contributed by atoms with Crippen molar-refractivity contribution in [3.63, 3.8) is 0 Å². The summed E-state index contributed by atoms with van der Waals surface area (Å²) in [6, 6.07) is 26.4. The first kappa shape index (κ1) is 19.6. The van der Waals surface area contributed by atoms with E-state index >= 15 is 0 Å². The molecule has 5 aromatic rings. The maximum atomic E-state index is 2.39. The molecule has 0 saturated carbocycles. The lowest BCUT2D eigenvalue weighted by Gasteiger charge is -2.18. The van der Waals surface area contributed by atoms with Gasteiger partial charge in [0.2, 0.25) is 5.69 Å². The molecular formula is C29H29N2+. The molecule has 31 heavy (non-hydrogen) atoms. The van der Waals surface area contributed by atoms with Crippen LogP contribution in [0.2, 0.25) is 0 Å². The van der Waals surface area contributed by atoms with Crippen LogP contribution in [0.1, 0.15) is 30.9 Å². The van der Waals surface area contributed by atoms with Crippen LogP contribution < -0.4 is 4.57 Å². The van der Waals surface area contributed by atoms with Gasteiger partial charge >= 0.3 is 0 Å². The molecule has 0 bridgehead atoms. The van der Waals surface area contributed by atoms with Crippen LogP contribution in [0.3, 0.4) is 0 Å². The van der Waals surface area contributed by atoms with E-state index in [1.54, 1.807) is 0 Å². The fraction of sp³-hybridized carbons (Fsp3) is 0.207. The molecule has 2 nitrogen and oxygen atoms in total. The van der Waals surface area contributed by atoms with Gasteiger partial charge in [-0.25, -0.2) is 4.57 Å². The number of hydrogen-bond donors (Lipinski definition) is 0. The molecule has 154 valence electrons. The van der Waals surface area contributed by atoms with Crippen molar-refractivity contribution in [1.29, 1.82) is 0 Å². The lowest BCUT2D eigenvalue weighted by Crippen LogP contribution is -2.30. The molecule has 2 heteroatoms. The molecule has 2 aromatic heterocycles. The molecule has 0 unspecified atom stereocenters. The van der Waals surface area contributed by atoms with Crippen molar-refractivity contribution in [3.8, 4) is 22.5 Å². The van der Waals surface area contributed by atoms with Gasteiger partial charge in [-0.2, -0.15) is 0 Å². The number of aryl methyl sites for hydroxylation is 2. The number of pyridine rings is 1. The molecule has 0 aliphatic carbocycles. The molecule has 2 heterocycles. The Morgan fingerprint density at radius 2 is 1.52 bits per heavy atom. The number of fused-ring (bicyclic) bond motifs is 2. The van der Waals surface area contributed by atoms with Gasteiger partial charge in [0.05, 0.1) is 11.3 Å². The molecular weight excluding hydrogens is 376 g/mol. The van der Waals surface area contributed by atoms with E-state index in [1.165, 1.54) is 55.3 Å². The molecule has 0 aliphatic rings. The Balaban J connectivity index is 1.95. The Bertz CT molecular complexity index is 1440. The van der Waals surface area contributed by atoms with Crippen molar-refractivity contribution < 1.29 is 4.57 Å². The molecule has 0 spiro atoms. The van der Waals surface area contributed by atoms with E-state index in [0.29, 0.717) is 5.92 Å². The predicted octanol–water partition coefficient (Wildman–Crippen LogP) is 6.92. The third-order valence-corrected chi connectivity index (χ3v) is 6.60. The van der Waals surface area contributed by atoms with Crippen LogP contribution in [0.5, 0.6) is 0 Å². The fourth-order valence-electron chi connectivity index (χ4n) is 5.14. The van der Waals surface area contributed by atoms with Gasteiger partial charge in [-0.15, -0.1) is 0 Å². The summed E-state index contributed by atoms with van der Waals surface area (Å²) in [6.45, 7) is 6.89. The molecule has 5 rings (SSSR count). The number of rotatable bonds is 3. The first-order valence-electron chi connectivity index (χ1n) is 11.0. The first-order chi connectivity index (χ1) is 15.0. The Labute approximate surface area is 184 Å². The van der Waals surface area contributed by atoms with Crippen LogP contribution in [0.15, 0.2) is 79.0 Å². The van der Waals surface area contributed by atoms with Crippen LogP contribution in [-0.4, -0.2) is 4.57 Å². The Morgan fingerprint density at radius 3 is 2.26 bits per heavy atom. The van der Waals surface area contributed by atoms with E-state index in [4.69, 9.17) is 0 Å². The number of nitrogens with zero attached hydrogens (tertiary/aromatic N) is 2. The van der Waals surface area contributed by atoms with Gasteiger partial charge in [-0.1, -0.05) is 56.3 Å². The monoisotopic (exact) mass is 405 g/mol. The smallest absolute Gasteiger partial charge is 0.213 e. The van der Waals surface area contributed by atoms with Gasteiger partial charge in [-0.05, 0) is 52.9 Å². The van der Waals surface area contributed by atoms with Crippen molar-refractivity contribution in [2.75, 3.05) is 0 Å². The summed E-state index contributed by atoms with van der Waals surface area (Å²) in [7, 11) is 4.34. The zero-order valence-corrected chi connectivity index (χ0v) is 19.0. The van der Waals surface area contributed by atoms with Crippen molar-refractivity contribution in [2.45, 2.75) is 26.7 Å². The molecule has 0 radical (unpaired) electrons. The van der Waals surface area contributed by atoms with Crippen molar-refractivity contribution in [3.05, 3.63) is 90.1 Å². The van der Waals surface area contributed by atoms with Crippen molar-refractivity contribution >= 4 is 21.7 Å². The normalized spacial score (nSPS) is 11.7. The number of para-hydroxylation sites is 1. The van der Waals surface area contributed by atoms with E-state index in [-0.39, 0.29) is 0 Å². The predicted molar refractivity (Wildman–Crippen MR) is 131 cm³/mol. The average Bonchev–Trinajstić information content (AvgIpc) is 3.07. The highest BCUT2D eigenvalue weighted by molar-refractivity contribution is 6.03. The summed E-state index contributed by atoms with van der Waals surface area (Å²) in [5.41, 5.74) is 9.26. The van der Waals surface area contributed by atoms with Gasteiger partial charge in [0.15, 0.2) is 6.20 Å². The lowest BCUT2D eigenvalue weighted by molar-refractivity contribution is -0.660. The van der Waals surface area contributed by atoms with Crippen LogP contribution in [-0.2, 0) is 14.1 Å². The second-order valence-corrected chi connectivity index (χ2v) is 8.84. The van der Waals surface area contributed by atoms with Gasteiger partial charge in [0.25, 0.3) is 0 Å². The molecule has 0 N–H and O–H groups in total. The summed E-state index contributed by atoms with van der Waals surface area (Å²) in [5, 5.41) is 3.94. The first-order valence-corrected chi connectivity index (χ1v) is 11.0. The van der Waals surface area contributed by atoms with Crippen LogP contribution in [0.25, 0.3) is 44.2 Å². The standard InChI is InChI=1S/C29H29N2/c1-19(2)27-23-14-8-9-15-25(23)31(5)29(27)24-18-21-12-6-7-13-22(21)28(20(24)3)26-16-10-11-17-30(26)4/h6-19H,1-5H3/q+1. The topological polar surface area (TPSA) is 8.81 Å². The average molecular weight is 406 g/mol. The third kappa shape index (κ3) is 2.97. The zero-order valence-electron chi connectivity index (χ0n) is 19.0. The highest BCUT2D eigenvalue weighted by atomic mass is 15.0. The molecule has 3 aromatic carbocycles. The summed E-state index contributed by atoms with van der Waals surface area (Å²) in [5.74, 6) is 0.434. The van der Waals surface area contributed by atoms with Gasteiger partial charge in [-0.3, -0.25) is 0 Å². The largest absolute Gasteiger partial charge is 0.343 e. The number of benzene rings is 3. The van der Waals surface area contributed by atoms with Gasteiger partial charge in [0.1, 0.15) is 7.05 Å². The summed E-state index contributed by atoms with van der Waals surface area (Å²) in [6.07, 6.45) is 2.13. The van der Waals surface area contributed by atoms with E-state index in [9.17, 15) is 0 Å². The van der Waals surface area contributed by atoms with Gasteiger partial charge < -0.3 is 4.57 Å². The van der Waals surface area contributed by atoms with E-state index < -0.39 is 0 Å². The Hall–Kier alpha value is -3.39. The Morgan fingerprint density at radius 1 is 0.839 bits per heavy atom. The zero-order chi connectivity index (χ0) is 21.7. The van der Waals surface area contributed by atoms with Crippen molar-refractivity contribution in [2.24, 2.45) is 14.1 Å². The molecule has 0 aliphatic heterocycles. The maximum Gasteiger partial charge on any atom is 0.213 e. The molecule has 0 atom stereocenters. The van der Waals surface area contributed by atoms with Crippen LogP contribution in [0, 0.1) is 6.92 Å². The lowest BCUT2D eigenvalue weighted by atomic mass is 9.88. The van der Waals surface area contributed by atoms with E-state index in [0.717, 1.165) is 0 Å². The minimum Gasteiger partial charge on any atom is -0.343 e. The Kier molecular flexibility index (Phi) is 4.66. The minimum absolute atomic E-state index is 0.434. The van der Waals surface area contributed by atoms with E-state index in [1.807, 2.05) is 0 Å². The highest BCUT2D eigenvalue weighted by Crippen LogP contribution is 2.43. The molecule has 0 amide bonds. The third-order valence-electron chi connectivity index (χ3n) is 6.60. The highest BCUT2D eigenvalue weighted by Gasteiger charge is 2.24. The quantitative estimate of drug-likeness (QED) is 0.288. The second-order valence-electron chi connectivity index (χ2n) is 8.84.